The van der Waals surface area contributed by atoms with Crippen LogP contribution in [0.15, 0.2) is 52.7 Å². The van der Waals surface area contributed by atoms with Gasteiger partial charge in [-0.2, -0.15) is 0 Å². The number of azo groups is 1. The standard InChI is InChI=1S/C18H17N5O3/c1-3-26-18(25)15-17(23-11(2)5-4-6-14(23)20-15)22-21-13-9-7-12(8-10-13)16(19)24/h4-10H,3H2,1-2H3,(H2,19,24). The van der Waals surface area contributed by atoms with E-state index in [0.29, 0.717) is 16.9 Å². The molecule has 0 aliphatic heterocycles. The number of hydrogen-bond acceptors (Lipinski definition) is 6. The quantitative estimate of drug-likeness (QED) is 0.561. The Labute approximate surface area is 149 Å². The van der Waals surface area contributed by atoms with Crippen molar-refractivity contribution < 1.29 is 14.3 Å². The van der Waals surface area contributed by atoms with Gasteiger partial charge in [0.15, 0.2) is 11.5 Å². The number of aromatic nitrogens is 2. The highest BCUT2D eigenvalue weighted by molar-refractivity contribution is 5.93. The maximum absolute atomic E-state index is 12.2. The van der Waals surface area contributed by atoms with E-state index in [1.807, 2.05) is 19.1 Å². The van der Waals surface area contributed by atoms with Crippen molar-refractivity contribution in [1.82, 2.24) is 9.38 Å². The minimum Gasteiger partial charge on any atom is -0.461 e. The van der Waals surface area contributed by atoms with E-state index in [9.17, 15) is 9.59 Å². The van der Waals surface area contributed by atoms with E-state index in [-0.39, 0.29) is 18.1 Å². The van der Waals surface area contributed by atoms with Crippen LogP contribution in [0, 0.1) is 6.92 Å². The number of carbonyl (C=O) groups excluding carboxylic acids is 2. The highest BCUT2D eigenvalue weighted by atomic mass is 16.5. The van der Waals surface area contributed by atoms with Crippen molar-refractivity contribution in [2.75, 3.05) is 6.61 Å². The average molecular weight is 351 g/mol. The molecule has 3 aromatic rings. The zero-order valence-electron chi connectivity index (χ0n) is 14.3. The minimum absolute atomic E-state index is 0.0960. The summed E-state index contributed by atoms with van der Waals surface area (Å²) in [6, 6.07) is 11.8. The second-order valence-electron chi connectivity index (χ2n) is 5.48. The maximum Gasteiger partial charge on any atom is 0.360 e. The van der Waals surface area contributed by atoms with Gasteiger partial charge >= 0.3 is 5.97 Å². The summed E-state index contributed by atoms with van der Waals surface area (Å²) in [5.41, 5.74) is 7.63. The van der Waals surface area contributed by atoms with Gasteiger partial charge in [0.25, 0.3) is 0 Å². The molecule has 0 spiro atoms. The SMILES string of the molecule is CCOC(=O)c1nc2cccc(C)n2c1N=Nc1ccc(C(N)=O)cc1. The summed E-state index contributed by atoms with van der Waals surface area (Å²) in [6.45, 7) is 3.83. The fraction of sp³-hybridized carbons (Fsp3) is 0.167. The van der Waals surface area contributed by atoms with Gasteiger partial charge in [0.1, 0.15) is 5.65 Å². The lowest BCUT2D eigenvalue weighted by Crippen LogP contribution is -2.10. The lowest BCUT2D eigenvalue weighted by molar-refractivity contribution is 0.0521. The molecule has 3 rings (SSSR count). The lowest BCUT2D eigenvalue weighted by Gasteiger charge is -2.02. The second-order valence-corrected chi connectivity index (χ2v) is 5.48. The van der Waals surface area contributed by atoms with Crippen molar-refractivity contribution in [3.05, 3.63) is 59.4 Å². The van der Waals surface area contributed by atoms with E-state index in [1.165, 1.54) is 0 Å². The van der Waals surface area contributed by atoms with Crippen LogP contribution in [-0.4, -0.2) is 27.9 Å². The molecule has 132 valence electrons. The summed E-state index contributed by atoms with van der Waals surface area (Å²) in [6.07, 6.45) is 0. The van der Waals surface area contributed by atoms with E-state index >= 15 is 0 Å². The van der Waals surface area contributed by atoms with E-state index in [4.69, 9.17) is 10.5 Å². The monoisotopic (exact) mass is 351 g/mol. The zero-order chi connectivity index (χ0) is 18.7. The number of carbonyl (C=O) groups is 2. The Hall–Kier alpha value is -3.55. The normalized spacial score (nSPS) is 11.2. The van der Waals surface area contributed by atoms with Crippen LogP contribution < -0.4 is 5.73 Å². The molecule has 8 heteroatoms. The van der Waals surface area contributed by atoms with Gasteiger partial charge in [-0.05, 0) is 50.2 Å². The van der Waals surface area contributed by atoms with Crippen molar-refractivity contribution in [3.8, 4) is 0 Å². The summed E-state index contributed by atoms with van der Waals surface area (Å²) >= 11 is 0. The van der Waals surface area contributed by atoms with Gasteiger partial charge in [0.05, 0.1) is 12.3 Å². The molecule has 2 heterocycles. The van der Waals surface area contributed by atoms with Gasteiger partial charge < -0.3 is 10.5 Å². The number of fused-ring (bicyclic) bond motifs is 1. The van der Waals surface area contributed by atoms with Crippen LogP contribution in [0.3, 0.4) is 0 Å². The molecule has 0 bridgehead atoms. The average Bonchev–Trinajstić information content (AvgIpc) is 3.00. The number of aryl methyl sites for hydroxylation is 1. The summed E-state index contributed by atoms with van der Waals surface area (Å²) in [7, 11) is 0. The molecule has 0 radical (unpaired) electrons. The predicted octanol–water partition coefficient (Wildman–Crippen LogP) is 3.33. The van der Waals surface area contributed by atoms with Crippen molar-refractivity contribution in [1.29, 1.82) is 0 Å². The van der Waals surface area contributed by atoms with Crippen LogP contribution >= 0.6 is 0 Å². The number of amides is 1. The topological polar surface area (TPSA) is 111 Å². The second kappa shape index (κ2) is 7.14. The molecule has 0 saturated carbocycles. The molecule has 8 nitrogen and oxygen atoms in total. The van der Waals surface area contributed by atoms with Gasteiger partial charge in [-0.1, -0.05) is 6.07 Å². The summed E-state index contributed by atoms with van der Waals surface area (Å²) in [5, 5.41) is 8.36. The first-order valence-corrected chi connectivity index (χ1v) is 7.98. The first-order chi connectivity index (χ1) is 12.5. The molecule has 2 aromatic heterocycles. The molecule has 2 N–H and O–H groups in total. The van der Waals surface area contributed by atoms with Crippen LogP contribution in [0.4, 0.5) is 11.5 Å². The Morgan fingerprint density at radius 1 is 1.15 bits per heavy atom. The number of hydrogen-bond donors (Lipinski definition) is 1. The summed E-state index contributed by atoms with van der Waals surface area (Å²) in [4.78, 5) is 27.7. The number of esters is 1. The van der Waals surface area contributed by atoms with Gasteiger partial charge in [-0.3, -0.25) is 9.20 Å². The van der Waals surface area contributed by atoms with E-state index in [0.717, 1.165) is 5.69 Å². The van der Waals surface area contributed by atoms with Crippen LogP contribution in [0.1, 0.15) is 33.5 Å². The Bertz CT molecular complexity index is 1010. The first kappa shape index (κ1) is 17.3. The minimum atomic E-state index is -0.561. The number of imidazole rings is 1. The molecule has 1 amide bonds. The molecule has 0 aliphatic carbocycles. The number of primary amides is 1. The fourth-order valence-corrected chi connectivity index (χ4v) is 2.46. The highest BCUT2D eigenvalue weighted by Gasteiger charge is 2.21. The van der Waals surface area contributed by atoms with Crippen molar-refractivity contribution in [3.63, 3.8) is 0 Å². The number of ether oxygens (including phenoxy) is 1. The van der Waals surface area contributed by atoms with E-state index in [1.54, 1.807) is 41.7 Å². The largest absolute Gasteiger partial charge is 0.461 e. The lowest BCUT2D eigenvalue weighted by atomic mass is 10.2. The Morgan fingerprint density at radius 3 is 2.54 bits per heavy atom. The maximum atomic E-state index is 12.2. The summed E-state index contributed by atoms with van der Waals surface area (Å²) < 4.78 is 6.79. The molecule has 0 unspecified atom stereocenters. The van der Waals surface area contributed by atoms with E-state index in [2.05, 4.69) is 15.2 Å². The van der Waals surface area contributed by atoms with Gasteiger partial charge in [0, 0.05) is 11.3 Å². The van der Waals surface area contributed by atoms with Crippen molar-refractivity contribution in [2.24, 2.45) is 16.0 Å². The Kier molecular flexibility index (Phi) is 4.74. The molecule has 1 aromatic carbocycles. The smallest absolute Gasteiger partial charge is 0.360 e. The van der Waals surface area contributed by atoms with Crippen molar-refractivity contribution in [2.45, 2.75) is 13.8 Å². The molecule has 0 saturated heterocycles. The van der Waals surface area contributed by atoms with E-state index < -0.39 is 11.9 Å². The number of nitrogens with zero attached hydrogens (tertiary/aromatic N) is 4. The highest BCUT2D eigenvalue weighted by Crippen LogP contribution is 2.26. The molecule has 0 aliphatic rings. The summed E-state index contributed by atoms with van der Waals surface area (Å²) in [5.74, 6) is -0.792. The fourth-order valence-electron chi connectivity index (χ4n) is 2.46. The molecule has 0 fully saturated rings. The molecular formula is C18H17N5O3. The third-order valence-corrected chi connectivity index (χ3v) is 3.70. The van der Waals surface area contributed by atoms with Gasteiger partial charge in [0.2, 0.25) is 5.91 Å². The Morgan fingerprint density at radius 2 is 1.88 bits per heavy atom. The van der Waals surface area contributed by atoms with Crippen LogP contribution in [0.25, 0.3) is 5.65 Å². The first-order valence-electron chi connectivity index (χ1n) is 7.98. The van der Waals surface area contributed by atoms with Crippen LogP contribution in [0.5, 0.6) is 0 Å². The van der Waals surface area contributed by atoms with Crippen molar-refractivity contribution >= 4 is 29.0 Å². The zero-order valence-corrected chi connectivity index (χ0v) is 14.3. The predicted molar refractivity (Wildman–Crippen MR) is 95.0 cm³/mol. The molecular weight excluding hydrogens is 334 g/mol. The van der Waals surface area contributed by atoms with Crippen LogP contribution in [-0.2, 0) is 4.74 Å². The van der Waals surface area contributed by atoms with Crippen LogP contribution in [0.2, 0.25) is 0 Å². The van der Waals surface area contributed by atoms with Gasteiger partial charge in [-0.25, -0.2) is 9.78 Å². The third-order valence-electron chi connectivity index (χ3n) is 3.70. The Balaban J connectivity index is 2.06. The number of nitrogens with two attached hydrogens (primary N) is 1. The number of benzene rings is 1. The van der Waals surface area contributed by atoms with Gasteiger partial charge in [-0.15, -0.1) is 10.2 Å². The molecule has 0 atom stereocenters. The number of rotatable bonds is 5. The molecule has 26 heavy (non-hydrogen) atoms. The number of pyridine rings is 1. The third kappa shape index (κ3) is 3.30.